The highest BCUT2D eigenvalue weighted by molar-refractivity contribution is 7.85. The highest BCUT2D eigenvalue weighted by Gasteiger charge is 2.20. The largest absolute Gasteiger partial charge is 0.306 e. The number of halogens is 1. The summed E-state index contributed by atoms with van der Waals surface area (Å²) in [5.74, 6) is 0.0814. The zero-order chi connectivity index (χ0) is 11.8. The Bertz CT molecular complexity index is 477. The van der Waals surface area contributed by atoms with E-state index in [1.807, 2.05) is 0 Å². The molecule has 1 aliphatic carbocycles. The summed E-state index contributed by atoms with van der Waals surface area (Å²) >= 11 is 0. The predicted octanol–water partition coefficient (Wildman–Crippen LogP) is 1.79. The Kier molecular flexibility index (Phi) is 3.01. The molecule has 0 atom stereocenters. The van der Waals surface area contributed by atoms with E-state index in [2.05, 4.69) is 5.10 Å². The van der Waals surface area contributed by atoms with Gasteiger partial charge in [-0.25, -0.2) is 0 Å². The van der Waals surface area contributed by atoms with Gasteiger partial charge < -0.3 is 0 Å². The Balaban J connectivity index is 2.08. The summed E-state index contributed by atoms with van der Waals surface area (Å²) in [4.78, 5) is 0. The van der Waals surface area contributed by atoms with E-state index >= 15 is 0 Å². The van der Waals surface area contributed by atoms with Crippen molar-refractivity contribution in [1.29, 1.82) is 0 Å². The van der Waals surface area contributed by atoms with Crippen LogP contribution in [-0.2, 0) is 22.5 Å². The summed E-state index contributed by atoms with van der Waals surface area (Å²) in [7, 11) is -4.46. The SMILES string of the molecule is Cc1nn(CC2CCC2)cc1CS(=O)(=O)F. The maximum atomic E-state index is 12.5. The molecule has 0 saturated heterocycles. The molecule has 0 aromatic carbocycles. The fourth-order valence-electron chi connectivity index (χ4n) is 1.92. The van der Waals surface area contributed by atoms with Crippen molar-refractivity contribution in [3.63, 3.8) is 0 Å². The quantitative estimate of drug-likeness (QED) is 0.761. The van der Waals surface area contributed by atoms with Gasteiger partial charge in [-0.3, -0.25) is 4.68 Å². The summed E-state index contributed by atoms with van der Waals surface area (Å²) in [6.45, 7) is 2.52. The van der Waals surface area contributed by atoms with E-state index in [9.17, 15) is 12.3 Å². The van der Waals surface area contributed by atoms with E-state index in [0.717, 1.165) is 6.54 Å². The van der Waals surface area contributed by atoms with Crippen molar-refractivity contribution in [2.24, 2.45) is 5.92 Å². The first kappa shape index (κ1) is 11.6. The number of aryl methyl sites for hydroxylation is 1. The molecule has 0 unspecified atom stereocenters. The molecule has 0 aliphatic heterocycles. The highest BCUT2D eigenvalue weighted by Crippen LogP contribution is 2.27. The predicted molar refractivity (Wildman–Crippen MR) is 58.0 cm³/mol. The molecule has 1 fully saturated rings. The zero-order valence-electron chi connectivity index (χ0n) is 9.19. The van der Waals surface area contributed by atoms with Crippen LogP contribution >= 0.6 is 0 Å². The molecule has 1 aliphatic rings. The molecule has 1 aromatic heterocycles. The number of hydrogen-bond acceptors (Lipinski definition) is 3. The third-order valence-electron chi connectivity index (χ3n) is 3.05. The minimum Gasteiger partial charge on any atom is -0.272 e. The topological polar surface area (TPSA) is 52.0 Å². The molecule has 90 valence electrons. The summed E-state index contributed by atoms with van der Waals surface area (Å²) in [6, 6.07) is 0. The van der Waals surface area contributed by atoms with Gasteiger partial charge in [0.05, 0.1) is 5.69 Å². The lowest BCUT2D eigenvalue weighted by atomic mass is 9.85. The monoisotopic (exact) mass is 246 g/mol. The van der Waals surface area contributed by atoms with Gasteiger partial charge in [0.2, 0.25) is 0 Å². The van der Waals surface area contributed by atoms with Gasteiger partial charge in [0.15, 0.2) is 0 Å². The van der Waals surface area contributed by atoms with Gasteiger partial charge in [-0.2, -0.15) is 13.5 Å². The fraction of sp³-hybridized carbons (Fsp3) is 0.700. The minimum absolute atomic E-state index is 0.460. The summed E-state index contributed by atoms with van der Waals surface area (Å²) in [5.41, 5.74) is 1.06. The van der Waals surface area contributed by atoms with E-state index in [1.54, 1.807) is 17.8 Å². The van der Waals surface area contributed by atoms with Gasteiger partial charge in [-0.05, 0) is 25.7 Å². The van der Waals surface area contributed by atoms with E-state index in [1.165, 1.54) is 19.3 Å². The molecule has 2 rings (SSSR count). The summed E-state index contributed by atoms with van der Waals surface area (Å²) < 4.78 is 35.4. The van der Waals surface area contributed by atoms with Crippen molar-refractivity contribution in [2.45, 2.75) is 38.5 Å². The molecule has 0 bridgehead atoms. The maximum Gasteiger partial charge on any atom is 0.306 e. The second-order valence-electron chi connectivity index (χ2n) is 4.44. The lowest BCUT2D eigenvalue weighted by Gasteiger charge is -2.24. The lowest BCUT2D eigenvalue weighted by molar-refractivity contribution is 0.266. The van der Waals surface area contributed by atoms with Gasteiger partial charge in [0, 0.05) is 18.3 Å². The molecule has 6 heteroatoms. The molecular formula is C10H15FN2O2S. The second kappa shape index (κ2) is 4.16. The van der Waals surface area contributed by atoms with E-state index < -0.39 is 16.0 Å². The van der Waals surface area contributed by atoms with E-state index in [0.29, 0.717) is 17.2 Å². The molecule has 0 spiro atoms. The van der Waals surface area contributed by atoms with E-state index in [4.69, 9.17) is 0 Å². The van der Waals surface area contributed by atoms with Crippen molar-refractivity contribution in [1.82, 2.24) is 9.78 Å². The van der Waals surface area contributed by atoms with Gasteiger partial charge in [-0.1, -0.05) is 6.42 Å². The average molecular weight is 246 g/mol. The van der Waals surface area contributed by atoms with Crippen LogP contribution in [0.2, 0.25) is 0 Å². The Labute approximate surface area is 94.7 Å². The van der Waals surface area contributed by atoms with E-state index in [-0.39, 0.29) is 0 Å². The molecule has 1 saturated carbocycles. The van der Waals surface area contributed by atoms with Crippen molar-refractivity contribution < 1.29 is 12.3 Å². The Hall–Kier alpha value is -0.910. The van der Waals surface area contributed by atoms with Crippen LogP contribution in [-0.4, -0.2) is 18.2 Å². The molecule has 0 N–H and O–H groups in total. The number of hydrogen-bond donors (Lipinski definition) is 0. The molecule has 0 radical (unpaired) electrons. The third-order valence-corrected chi connectivity index (χ3v) is 3.70. The van der Waals surface area contributed by atoms with Crippen molar-refractivity contribution in [3.8, 4) is 0 Å². The van der Waals surface area contributed by atoms with Crippen LogP contribution in [0.1, 0.15) is 30.5 Å². The third kappa shape index (κ3) is 2.81. The summed E-state index contributed by atoms with van der Waals surface area (Å²) in [6.07, 6.45) is 5.31. The smallest absolute Gasteiger partial charge is 0.272 e. The van der Waals surface area contributed by atoms with Gasteiger partial charge >= 0.3 is 10.2 Å². The van der Waals surface area contributed by atoms with Crippen LogP contribution in [0.15, 0.2) is 6.20 Å². The van der Waals surface area contributed by atoms with Gasteiger partial charge in [-0.15, -0.1) is 3.89 Å². The van der Waals surface area contributed by atoms with Crippen LogP contribution in [0.3, 0.4) is 0 Å². The fourth-order valence-corrected chi connectivity index (χ4v) is 2.57. The van der Waals surface area contributed by atoms with Crippen LogP contribution in [0.4, 0.5) is 3.89 Å². The normalized spacial score (nSPS) is 17.4. The molecule has 0 amide bonds. The molecule has 4 nitrogen and oxygen atoms in total. The van der Waals surface area contributed by atoms with Crippen molar-refractivity contribution in [2.75, 3.05) is 0 Å². The summed E-state index contributed by atoms with van der Waals surface area (Å²) in [5, 5.41) is 4.20. The molecular weight excluding hydrogens is 231 g/mol. The first-order valence-electron chi connectivity index (χ1n) is 5.39. The Morgan fingerprint density at radius 1 is 1.56 bits per heavy atom. The van der Waals surface area contributed by atoms with Crippen LogP contribution < -0.4 is 0 Å². The second-order valence-corrected chi connectivity index (χ2v) is 5.81. The minimum atomic E-state index is -4.46. The van der Waals surface area contributed by atoms with Crippen molar-refractivity contribution >= 4 is 10.2 Å². The van der Waals surface area contributed by atoms with Crippen LogP contribution in [0.25, 0.3) is 0 Å². The number of aromatic nitrogens is 2. The average Bonchev–Trinajstić information content (AvgIpc) is 2.37. The van der Waals surface area contributed by atoms with Crippen molar-refractivity contribution in [3.05, 3.63) is 17.5 Å². The lowest BCUT2D eigenvalue weighted by Crippen LogP contribution is -2.18. The Morgan fingerprint density at radius 2 is 2.25 bits per heavy atom. The first-order valence-corrected chi connectivity index (χ1v) is 6.94. The highest BCUT2D eigenvalue weighted by atomic mass is 32.3. The first-order chi connectivity index (χ1) is 7.44. The molecule has 1 aromatic rings. The standard InChI is InChI=1S/C10H15FN2O2S/c1-8-10(7-16(11,14)15)6-13(12-8)5-9-3-2-4-9/h6,9H,2-5,7H2,1H3. The number of nitrogens with zero attached hydrogens (tertiary/aromatic N) is 2. The maximum absolute atomic E-state index is 12.5. The zero-order valence-corrected chi connectivity index (χ0v) is 10.0. The van der Waals surface area contributed by atoms with Crippen LogP contribution in [0.5, 0.6) is 0 Å². The molecule has 16 heavy (non-hydrogen) atoms. The Morgan fingerprint density at radius 3 is 2.75 bits per heavy atom. The van der Waals surface area contributed by atoms with Gasteiger partial charge in [0.1, 0.15) is 5.75 Å². The van der Waals surface area contributed by atoms with Crippen LogP contribution in [0, 0.1) is 12.8 Å². The van der Waals surface area contributed by atoms with Gasteiger partial charge in [0.25, 0.3) is 0 Å². The number of rotatable bonds is 4. The molecule has 1 heterocycles.